The average molecular weight is 235 g/mol. The molecule has 2 heteroatoms. The normalized spacial score (nSPS) is 12.6. The van der Waals surface area contributed by atoms with Crippen LogP contribution < -0.4 is 5.73 Å². The number of nitrogens with two attached hydrogens (primary N) is 1. The van der Waals surface area contributed by atoms with Gasteiger partial charge in [-0.3, -0.25) is 0 Å². The largest absolute Gasteiger partial charge is 0.395 e. The second-order valence-corrected chi connectivity index (χ2v) is 4.77. The molecule has 0 heterocycles. The summed E-state index contributed by atoms with van der Waals surface area (Å²) in [5, 5.41) is 8.89. The fourth-order valence-electron chi connectivity index (χ4n) is 1.97. The number of aliphatic hydroxyl groups is 1. The molecule has 0 aliphatic carbocycles. The van der Waals surface area contributed by atoms with Crippen LogP contribution in [0.5, 0.6) is 0 Å². The summed E-state index contributed by atoms with van der Waals surface area (Å²) in [6.45, 7) is 2.29. The van der Waals surface area contributed by atoms with E-state index in [1.165, 1.54) is 43.2 Å². The molecule has 17 heavy (non-hydrogen) atoms. The van der Waals surface area contributed by atoms with E-state index in [4.69, 9.17) is 10.8 Å². The third kappa shape index (κ3) is 5.85. The Bertz CT molecular complexity index is 294. The summed E-state index contributed by atoms with van der Waals surface area (Å²) in [5.74, 6) is 0. The number of aliphatic hydroxyl groups excluding tert-OH is 1. The molecule has 3 N–H and O–H groups in total. The molecule has 1 aromatic carbocycles. The van der Waals surface area contributed by atoms with E-state index in [1.54, 1.807) is 0 Å². The van der Waals surface area contributed by atoms with Crippen molar-refractivity contribution in [2.45, 2.75) is 51.5 Å². The molecule has 1 atom stereocenters. The van der Waals surface area contributed by atoms with Crippen LogP contribution in [0.15, 0.2) is 24.3 Å². The Morgan fingerprint density at radius 2 is 1.71 bits per heavy atom. The zero-order chi connectivity index (χ0) is 12.5. The second kappa shape index (κ2) is 8.26. The Morgan fingerprint density at radius 3 is 2.29 bits per heavy atom. The molecule has 0 fully saturated rings. The molecular weight excluding hydrogens is 210 g/mol. The maximum absolute atomic E-state index is 8.89. The van der Waals surface area contributed by atoms with Gasteiger partial charge in [0.2, 0.25) is 0 Å². The van der Waals surface area contributed by atoms with E-state index in [0.29, 0.717) is 0 Å². The summed E-state index contributed by atoms with van der Waals surface area (Å²) in [7, 11) is 0. The maximum atomic E-state index is 8.89. The van der Waals surface area contributed by atoms with E-state index < -0.39 is 0 Å². The second-order valence-electron chi connectivity index (χ2n) is 4.77. The molecule has 0 aromatic heterocycles. The van der Waals surface area contributed by atoms with Crippen molar-refractivity contribution in [3.8, 4) is 0 Å². The van der Waals surface area contributed by atoms with Crippen molar-refractivity contribution >= 4 is 0 Å². The highest BCUT2D eigenvalue weighted by Gasteiger charge is 2.02. The Morgan fingerprint density at radius 1 is 1.06 bits per heavy atom. The smallest absolute Gasteiger partial charge is 0.0585 e. The summed E-state index contributed by atoms with van der Waals surface area (Å²) in [5.41, 5.74) is 8.32. The number of benzene rings is 1. The van der Waals surface area contributed by atoms with Crippen molar-refractivity contribution in [2.75, 3.05) is 6.61 Å². The number of unbranched alkanes of at least 4 members (excludes halogenated alkanes) is 3. The van der Waals surface area contributed by atoms with Crippen LogP contribution in [-0.4, -0.2) is 17.8 Å². The van der Waals surface area contributed by atoms with Gasteiger partial charge in [-0.05, 0) is 30.4 Å². The molecule has 1 rings (SSSR count). The lowest BCUT2D eigenvalue weighted by Gasteiger charge is -2.08. The Hall–Kier alpha value is -0.860. The predicted molar refractivity (Wildman–Crippen MR) is 73.1 cm³/mol. The molecule has 0 amide bonds. The molecule has 0 radical (unpaired) electrons. The first kappa shape index (κ1) is 14.2. The van der Waals surface area contributed by atoms with E-state index in [9.17, 15) is 0 Å². The summed E-state index contributed by atoms with van der Waals surface area (Å²) < 4.78 is 0. The third-order valence-electron chi connectivity index (χ3n) is 3.07. The molecule has 0 aliphatic heterocycles. The molecule has 1 aromatic rings. The fourth-order valence-corrected chi connectivity index (χ4v) is 1.97. The topological polar surface area (TPSA) is 46.2 Å². The van der Waals surface area contributed by atoms with Gasteiger partial charge in [0.1, 0.15) is 0 Å². The van der Waals surface area contributed by atoms with Crippen LogP contribution in [0.4, 0.5) is 0 Å². The molecule has 0 saturated heterocycles. The highest BCUT2D eigenvalue weighted by atomic mass is 16.3. The van der Waals surface area contributed by atoms with Gasteiger partial charge in [0, 0.05) is 6.04 Å². The summed E-state index contributed by atoms with van der Waals surface area (Å²) in [6, 6.07) is 8.50. The van der Waals surface area contributed by atoms with Crippen molar-refractivity contribution in [3.05, 3.63) is 35.4 Å². The van der Waals surface area contributed by atoms with Crippen LogP contribution in [0, 0.1) is 0 Å². The predicted octanol–water partition coefficient (Wildman–Crippen LogP) is 2.67. The van der Waals surface area contributed by atoms with Crippen molar-refractivity contribution in [1.29, 1.82) is 0 Å². The summed E-state index contributed by atoms with van der Waals surface area (Å²) in [6.07, 6.45) is 7.16. The van der Waals surface area contributed by atoms with Crippen molar-refractivity contribution < 1.29 is 5.11 Å². The van der Waals surface area contributed by atoms with Gasteiger partial charge in [-0.1, -0.05) is 50.5 Å². The van der Waals surface area contributed by atoms with Crippen molar-refractivity contribution in [2.24, 2.45) is 5.73 Å². The van der Waals surface area contributed by atoms with Gasteiger partial charge in [-0.25, -0.2) is 0 Å². The fraction of sp³-hybridized carbons (Fsp3) is 0.600. The van der Waals surface area contributed by atoms with Gasteiger partial charge in [0.05, 0.1) is 6.61 Å². The van der Waals surface area contributed by atoms with Gasteiger partial charge < -0.3 is 10.8 Å². The van der Waals surface area contributed by atoms with Gasteiger partial charge in [-0.15, -0.1) is 0 Å². The van der Waals surface area contributed by atoms with Crippen LogP contribution in [0.1, 0.15) is 43.7 Å². The minimum atomic E-state index is -0.134. The third-order valence-corrected chi connectivity index (χ3v) is 3.07. The molecular formula is C15H25NO. The number of rotatable bonds is 8. The monoisotopic (exact) mass is 235 g/mol. The lowest BCUT2D eigenvalue weighted by Crippen LogP contribution is -2.26. The van der Waals surface area contributed by atoms with Crippen LogP contribution in [0.25, 0.3) is 0 Å². The van der Waals surface area contributed by atoms with Gasteiger partial charge in [0.15, 0.2) is 0 Å². The molecule has 96 valence electrons. The molecule has 1 unspecified atom stereocenters. The standard InChI is InChI=1S/C15H25NO/c1-2-3-4-5-6-13-7-9-14(10-8-13)11-15(16)12-17/h7-10,15,17H,2-6,11-12,16H2,1H3. The minimum Gasteiger partial charge on any atom is -0.395 e. The lowest BCUT2D eigenvalue weighted by atomic mass is 10.0. The first-order valence-corrected chi connectivity index (χ1v) is 6.70. The molecule has 0 spiro atoms. The number of aryl methyl sites for hydroxylation is 1. The van der Waals surface area contributed by atoms with Crippen LogP contribution in [0.3, 0.4) is 0 Å². The van der Waals surface area contributed by atoms with Gasteiger partial charge in [0.25, 0.3) is 0 Å². The molecule has 0 aliphatic rings. The average Bonchev–Trinajstić information content (AvgIpc) is 2.36. The van der Waals surface area contributed by atoms with Crippen LogP contribution in [-0.2, 0) is 12.8 Å². The van der Waals surface area contributed by atoms with Crippen LogP contribution >= 0.6 is 0 Å². The Labute approximate surface area is 105 Å². The van der Waals surface area contributed by atoms with Crippen molar-refractivity contribution in [3.63, 3.8) is 0 Å². The van der Waals surface area contributed by atoms with Crippen LogP contribution in [0.2, 0.25) is 0 Å². The lowest BCUT2D eigenvalue weighted by molar-refractivity contribution is 0.265. The molecule has 0 saturated carbocycles. The van der Waals surface area contributed by atoms with E-state index >= 15 is 0 Å². The van der Waals surface area contributed by atoms with E-state index in [0.717, 1.165) is 6.42 Å². The molecule has 0 bridgehead atoms. The van der Waals surface area contributed by atoms with Crippen molar-refractivity contribution in [1.82, 2.24) is 0 Å². The highest BCUT2D eigenvalue weighted by molar-refractivity contribution is 5.23. The molecule has 2 nitrogen and oxygen atoms in total. The Balaban J connectivity index is 2.34. The first-order chi connectivity index (χ1) is 8.26. The SMILES string of the molecule is CCCCCCc1ccc(CC(N)CO)cc1. The van der Waals surface area contributed by atoms with E-state index in [2.05, 4.69) is 31.2 Å². The summed E-state index contributed by atoms with van der Waals surface area (Å²) >= 11 is 0. The minimum absolute atomic E-state index is 0.0543. The van der Waals surface area contributed by atoms with Gasteiger partial charge in [-0.2, -0.15) is 0 Å². The number of hydrogen-bond acceptors (Lipinski definition) is 2. The number of hydrogen-bond donors (Lipinski definition) is 2. The zero-order valence-corrected chi connectivity index (χ0v) is 10.9. The van der Waals surface area contributed by atoms with E-state index in [-0.39, 0.29) is 12.6 Å². The Kier molecular flexibility index (Phi) is 6.90. The first-order valence-electron chi connectivity index (χ1n) is 6.70. The van der Waals surface area contributed by atoms with E-state index in [1.807, 2.05) is 0 Å². The summed E-state index contributed by atoms with van der Waals surface area (Å²) in [4.78, 5) is 0. The maximum Gasteiger partial charge on any atom is 0.0585 e. The zero-order valence-electron chi connectivity index (χ0n) is 10.9. The quantitative estimate of drug-likeness (QED) is 0.680. The van der Waals surface area contributed by atoms with Gasteiger partial charge >= 0.3 is 0 Å². The highest BCUT2D eigenvalue weighted by Crippen LogP contribution is 2.10.